The molecule has 1 spiro atoms. The normalized spacial score (nSPS) is 24.7. The summed E-state index contributed by atoms with van der Waals surface area (Å²) in [5, 5.41) is 11.9. The fraction of sp³-hybridized carbons (Fsp3) is 0.667. The van der Waals surface area contributed by atoms with Gasteiger partial charge in [-0.3, -0.25) is 9.59 Å². The minimum atomic E-state index is -0.115. The summed E-state index contributed by atoms with van der Waals surface area (Å²) >= 11 is 1.60. The van der Waals surface area contributed by atoms with E-state index in [9.17, 15) is 9.59 Å². The maximum atomic E-state index is 12.3. The van der Waals surface area contributed by atoms with Crippen molar-refractivity contribution in [2.75, 3.05) is 26.2 Å². The molecule has 0 radical (unpaired) electrons. The summed E-state index contributed by atoms with van der Waals surface area (Å²) in [4.78, 5) is 32.3. The molecule has 3 heterocycles. The molecule has 1 aromatic rings. The van der Waals surface area contributed by atoms with Crippen LogP contribution in [0, 0.1) is 12.3 Å². The molecule has 0 saturated carbocycles. The fourth-order valence-electron chi connectivity index (χ4n) is 3.48. The van der Waals surface area contributed by atoms with Gasteiger partial charge in [-0.25, -0.2) is 4.98 Å². The van der Waals surface area contributed by atoms with Crippen LogP contribution in [0.4, 0.5) is 0 Å². The van der Waals surface area contributed by atoms with Crippen LogP contribution in [0.25, 0.3) is 0 Å². The predicted molar refractivity (Wildman–Crippen MR) is 82.2 cm³/mol. The van der Waals surface area contributed by atoms with Crippen molar-refractivity contribution in [3.63, 3.8) is 0 Å². The highest BCUT2D eigenvalue weighted by molar-refractivity contribution is 7.09. The van der Waals surface area contributed by atoms with Crippen LogP contribution >= 0.6 is 11.3 Å². The zero-order chi connectivity index (χ0) is 15.7. The van der Waals surface area contributed by atoms with Gasteiger partial charge in [-0.15, -0.1) is 11.3 Å². The lowest BCUT2D eigenvalue weighted by molar-refractivity contribution is -0.131. The molecule has 2 amide bonds. The number of aliphatic hydroxyl groups excluding tert-OH is 1. The van der Waals surface area contributed by atoms with Gasteiger partial charge in [-0.2, -0.15) is 0 Å². The van der Waals surface area contributed by atoms with Crippen molar-refractivity contribution >= 4 is 23.2 Å². The number of hydrogen-bond acceptors (Lipinski definition) is 5. The average Bonchev–Trinajstić information content (AvgIpc) is 3.13. The molecule has 0 bridgehead atoms. The maximum Gasteiger partial charge on any atom is 0.224 e. The van der Waals surface area contributed by atoms with Gasteiger partial charge in [0.05, 0.1) is 23.9 Å². The van der Waals surface area contributed by atoms with Gasteiger partial charge in [0.1, 0.15) is 0 Å². The van der Waals surface area contributed by atoms with E-state index in [4.69, 9.17) is 5.11 Å². The monoisotopic (exact) mass is 323 g/mol. The number of rotatable bonds is 4. The highest BCUT2D eigenvalue weighted by atomic mass is 32.1. The van der Waals surface area contributed by atoms with E-state index in [0.29, 0.717) is 32.6 Å². The number of aliphatic hydroxyl groups is 1. The van der Waals surface area contributed by atoms with Crippen LogP contribution < -0.4 is 0 Å². The molecule has 1 atom stereocenters. The first-order valence-electron chi connectivity index (χ1n) is 7.59. The Bertz CT molecular complexity index is 588. The molecule has 0 aliphatic carbocycles. The van der Waals surface area contributed by atoms with Crippen LogP contribution in [0.1, 0.15) is 30.0 Å². The Labute approximate surface area is 133 Å². The van der Waals surface area contributed by atoms with Gasteiger partial charge in [0, 0.05) is 43.3 Å². The van der Waals surface area contributed by atoms with Crippen LogP contribution in [0.15, 0.2) is 5.38 Å². The summed E-state index contributed by atoms with van der Waals surface area (Å²) in [7, 11) is 0. The number of carbonyl (C=O) groups is 2. The first-order valence-corrected chi connectivity index (χ1v) is 8.47. The molecular formula is C15H21N3O3S. The molecule has 1 aromatic heterocycles. The van der Waals surface area contributed by atoms with Crippen molar-refractivity contribution in [3.05, 3.63) is 16.1 Å². The Morgan fingerprint density at radius 3 is 3.00 bits per heavy atom. The SMILES string of the molecule is Cc1nc(CN2CC3(CCN(C(=O)CCO)C3)CC2=O)cs1. The zero-order valence-electron chi connectivity index (χ0n) is 12.7. The van der Waals surface area contributed by atoms with E-state index in [1.165, 1.54) is 0 Å². The smallest absolute Gasteiger partial charge is 0.224 e. The molecule has 120 valence electrons. The van der Waals surface area contributed by atoms with Crippen molar-refractivity contribution < 1.29 is 14.7 Å². The summed E-state index contributed by atoms with van der Waals surface area (Å²) in [5.41, 5.74) is 0.840. The van der Waals surface area contributed by atoms with Gasteiger partial charge in [-0.1, -0.05) is 0 Å². The second-order valence-corrected chi connectivity index (χ2v) is 7.39. The Balaban J connectivity index is 1.63. The molecule has 2 aliphatic heterocycles. The number of carbonyl (C=O) groups excluding carboxylic acids is 2. The molecule has 22 heavy (non-hydrogen) atoms. The summed E-state index contributed by atoms with van der Waals surface area (Å²) in [6.45, 7) is 4.43. The average molecular weight is 323 g/mol. The van der Waals surface area contributed by atoms with E-state index < -0.39 is 0 Å². The van der Waals surface area contributed by atoms with Gasteiger partial charge in [0.15, 0.2) is 0 Å². The van der Waals surface area contributed by atoms with Crippen molar-refractivity contribution in [1.29, 1.82) is 0 Å². The quantitative estimate of drug-likeness (QED) is 0.889. The minimum Gasteiger partial charge on any atom is -0.396 e. The van der Waals surface area contributed by atoms with E-state index >= 15 is 0 Å². The maximum absolute atomic E-state index is 12.3. The Morgan fingerprint density at radius 1 is 1.50 bits per heavy atom. The van der Waals surface area contributed by atoms with E-state index in [0.717, 1.165) is 17.1 Å². The van der Waals surface area contributed by atoms with Crippen LogP contribution in [0.3, 0.4) is 0 Å². The standard InChI is InChI=1S/C15H21N3O3S/c1-11-16-12(8-22-11)7-18-10-15(6-14(18)21)3-4-17(9-15)13(20)2-5-19/h8,19H,2-7,9-10H2,1H3. The summed E-state index contributed by atoms with van der Waals surface area (Å²) < 4.78 is 0. The highest BCUT2D eigenvalue weighted by Crippen LogP contribution is 2.40. The number of amides is 2. The lowest BCUT2D eigenvalue weighted by Crippen LogP contribution is -2.34. The first kappa shape index (κ1) is 15.4. The molecule has 2 fully saturated rings. The number of aryl methyl sites for hydroxylation is 1. The molecule has 7 heteroatoms. The molecule has 2 saturated heterocycles. The van der Waals surface area contributed by atoms with Gasteiger partial charge < -0.3 is 14.9 Å². The second kappa shape index (κ2) is 5.96. The molecule has 2 aliphatic rings. The van der Waals surface area contributed by atoms with Crippen molar-refractivity contribution in [2.24, 2.45) is 5.41 Å². The van der Waals surface area contributed by atoms with Crippen molar-refractivity contribution in [2.45, 2.75) is 32.7 Å². The van der Waals surface area contributed by atoms with Crippen molar-refractivity contribution in [3.8, 4) is 0 Å². The van der Waals surface area contributed by atoms with E-state index in [1.807, 2.05) is 17.2 Å². The lowest BCUT2D eigenvalue weighted by Gasteiger charge is -2.24. The summed E-state index contributed by atoms with van der Waals surface area (Å²) in [6.07, 6.45) is 1.55. The van der Waals surface area contributed by atoms with Crippen LogP contribution in [-0.2, 0) is 16.1 Å². The third kappa shape index (κ3) is 3.01. The topological polar surface area (TPSA) is 73.7 Å². The number of likely N-dealkylation sites (tertiary alicyclic amines) is 2. The molecule has 0 aromatic carbocycles. The molecule has 3 rings (SSSR count). The minimum absolute atomic E-state index is 0.0135. The third-order valence-corrected chi connectivity index (χ3v) is 5.36. The van der Waals surface area contributed by atoms with Gasteiger partial charge in [-0.05, 0) is 13.3 Å². The molecule has 6 nitrogen and oxygen atoms in total. The van der Waals surface area contributed by atoms with E-state index in [-0.39, 0.29) is 30.3 Å². The molecular weight excluding hydrogens is 302 g/mol. The number of hydrogen-bond donors (Lipinski definition) is 1. The Kier molecular flexibility index (Phi) is 4.18. The van der Waals surface area contributed by atoms with Crippen molar-refractivity contribution in [1.82, 2.24) is 14.8 Å². The van der Waals surface area contributed by atoms with Crippen LogP contribution in [-0.4, -0.2) is 57.9 Å². The summed E-state index contributed by atoms with van der Waals surface area (Å²) in [6, 6.07) is 0. The zero-order valence-corrected chi connectivity index (χ0v) is 13.6. The predicted octanol–water partition coefficient (Wildman–Crippen LogP) is 0.785. The fourth-order valence-corrected chi connectivity index (χ4v) is 4.08. The van der Waals surface area contributed by atoms with Crippen LogP contribution in [0.2, 0.25) is 0 Å². The molecule has 1 unspecified atom stereocenters. The lowest BCUT2D eigenvalue weighted by atomic mass is 9.86. The van der Waals surface area contributed by atoms with E-state index in [2.05, 4.69) is 4.98 Å². The Hall–Kier alpha value is -1.47. The molecule has 1 N–H and O–H groups in total. The first-order chi connectivity index (χ1) is 10.5. The van der Waals surface area contributed by atoms with Gasteiger partial charge in [0.2, 0.25) is 11.8 Å². The number of nitrogens with zero attached hydrogens (tertiary/aromatic N) is 3. The summed E-state index contributed by atoms with van der Waals surface area (Å²) in [5.74, 6) is 0.141. The highest BCUT2D eigenvalue weighted by Gasteiger charge is 2.48. The van der Waals surface area contributed by atoms with Crippen LogP contribution in [0.5, 0.6) is 0 Å². The Morgan fingerprint density at radius 2 is 2.32 bits per heavy atom. The van der Waals surface area contributed by atoms with Gasteiger partial charge >= 0.3 is 0 Å². The number of thiazole rings is 1. The number of aromatic nitrogens is 1. The second-order valence-electron chi connectivity index (χ2n) is 6.32. The third-order valence-electron chi connectivity index (χ3n) is 4.54. The van der Waals surface area contributed by atoms with E-state index in [1.54, 1.807) is 16.2 Å². The largest absolute Gasteiger partial charge is 0.396 e. The van der Waals surface area contributed by atoms with Gasteiger partial charge in [0.25, 0.3) is 0 Å².